The third-order valence-corrected chi connectivity index (χ3v) is 7.46. The van der Waals surface area contributed by atoms with Crippen molar-refractivity contribution < 1.29 is 13.2 Å². The zero-order valence-corrected chi connectivity index (χ0v) is 14.4. The largest absolute Gasteiger partial charge is 0.392 e. The van der Waals surface area contributed by atoms with Gasteiger partial charge in [0.05, 0.1) is 12.1 Å². The van der Waals surface area contributed by atoms with Crippen LogP contribution in [-0.4, -0.2) is 54.6 Å². The fourth-order valence-corrected chi connectivity index (χ4v) is 6.50. The van der Waals surface area contributed by atoms with Gasteiger partial charge in [-0.1, -0.05) is 12.2 Å². The van der Waals surface area contributed by atoms with Crippen LogP contribution in [0, 0.1) is 17.8 Å². The molecule has 5 rings (SSSR count). The molecule has 0 aromatic heterocycles. The average Bonchev–Trinajstić information content (AvgIpc) is 2.91. The highest BCUT2D eigenvalue weighted by molar-refractivity contribution is 5.20. The van der Waals surface area contributed by atoms with E-state index in [9.17, 15) is 13.2 Å². The zero-order valence-electron chi connectivity index (χ0n) is 14.4. The van der Waals surface area contributed by atoms with Crippen LogP contribution >= 0.6 is 0 Å². The van der Waals surface area contributed by atoms with Crippen molar-refractivity contribution in [2.24, 2.45) is 17.8 Å². The SMILES string of the molecule is C=C1CC2C3CCC(CN2C2NCNC4CCC(C(F)(F)F)C1C42)N3. The molecule has 7 heteroatoms. The van der Waals surface area contributed by atoms with Gasteiger partial charge >= 0.3 is 6.18 Å². The quantitative estimate of drug-likeness (QED) is 0.579. The Morgan fingerprint density at radius 3 is 2.64 bits per heavy atom. The van der Waals surface area contributed by atoms with E-state index < -0.39 is 18.0 Å². The van der Waals surface area contributed by atoms with Gasteiger partial charge in [-0.25, -0.2) is 0 Å². The molecule has 4 saturated heterocycles. The molecule has 1 aliphatic carbocycles. The molecule has 4 aliphatic heterocycles. The summed E-state index contributed by atoms with van der Waals surface area (Å²) in [7, 11) is 0. The molecule has 0 spiro atoms. The summed E-state index contributed by atoms with van der Waals surface area (Å²) in [5, 5.41) is 10.7. The van der Waals surface area contributed by atoms with Crippen molar-refractivity contribution in [3.63, 3.8) is 0 Å². The molecule has 0 aromatic carbocycles. The molecule has 5 aliphatic rings. The molecule has 140 valence electrons. The summed E-state index contributed by atoms with van der Waals surface area (Å²) in [5.41, 5.74) is 0.826. The Kier molecular flexibility index (Phi) is 3.76. The highest BCUT2D eigenvalue weighted by Gasteiger charge is 2.59. The van der Waals surface area contributed by atoms with Crippen LogP contribution in [0.4, 0.5) is 13.2 Å². The van der Waals surface area contributed by atoms with Crippen molar-refractivity contribution in [2.45, 2.75) is 68.6 Å². The van der Waals surface area contributed by atoms with E-state index in [0.29, 0.717) is 31.6 Å². The Balaban J connectivity index is 1.56. The summed E-state index contributed by atoms with van der Waals surface area (Å²) >= 11 is 0. The molecule has 0 radical (unpaired) electrons. The van der Waals surface area contributed by atoms with Gasteiger partial charge in [-0.15, -0.1) is 0 Å². The standard InChI is InChI=1S/C18H27F3N4/c1-9-6-14-12-4-2-10(24-12)7-25(14)17-16-13(22-8-23-17)5-3-11(15(9)16)18(19,20)21/h10-17,22-24H,1-8H2. The summed E-state index contributed by atoms with van der Waals surface area (Å²) in [6, 6.07) is 1.33. The van der Waals surface area contributed by atoms with Gasteiger partial charge in [0.1, 0.15) is 0 Å². The Bertz CT molecular complexity index is 565. The lowest BCUT2D eigenvalue weighted by atomic mass is 9.64. The summed E-state index contributed by atoms with van der Waals surface area (Å²) in [5.74, 6) is -1.74. The van der Waals surface area contributed by atoms with Gasteiger partial charge in [0.15, 0.2) is 0 Å². The summed E-state index contributed by atoms with van der Waals surface area (Å²) in [6.45, 7) is 5.84. The van der Waals surface area contributed by atoms with Gasteiger partial charge < -0.3 is 10.6 Å². The lowest BCUT2D eigenvalue weighted by molar-refractivity contribution is -0.205. The van der Waals surface area contributed by atoms with E-state index in [1.54, 1.807) is 0 Å². The molecule has 5 fully saturated rings. The monoisotopic (exact) mass is 356 g/mol. The molecule has 25 heavy (non-hydrogen) atoms. The van der Waals surface area contributed by atoms with Crippen molar-refractivity contribution >= 4 is 0 Å². The fraction of sp³-hybridized carbons (Fsp3) is 0.889. The van der Waals surface area contributed by atoms with Gasteiger partial charge in [0.2, 0.25) is 0 Å². The summed E-state index contributed by atoms with van der Waals surface area (Å²) in [6.07, 6.45) is -0.255. The number of alkyl halides is 3. The number of nitrogens with zero attached hydrogens (tertiary/aromatic N) is 1. The maximum absolute atomic E-state index is 13.8. The molecule has 8 unspecified atom stereocenters. The van der Waals surface area contributed by atoms with E-state index in [1.807, 2.05) is 0 Å². The van der Waals surface area contributed by atoms with E-state index in [1.165, 1.54) is 6.42 Å². The maximum Gasteiger partial charge on any atom is 0.392 e. The molecular weight excluding hydrogens is 329 g/mol. The van der Waals surface area contributed by atoms with Crippen LogP contribution in [0.3, 0.4) is 0 Å². The minimum absolute atomic E-state index is 0.0378. The first-order valence-electron chi connectivity index (χ1n) is 9.66. The molecular formula is C18H27F3N4. The van der Waals surface area contributed by atoms with E-state index >= 15 is 0 Å². The van der Waals surface area contributed by atoms with Crippen LogP contribution in [0.5, 0.6) is 0 Å². The van der Waals surface area contributed by atoms with Crippen LogP contribution in [0.1, 0.15) is 32.1 Å². The van der Waals surface area contributed by atoms with Gasteiger partial charge in [-0.2, -0.15) is 13.2 Å². The number of fused-ring (bicyclic) bond motifs is 5. The first-order valence-corrected chi connectivity index (χ1v) is 9.66. The van der Waals surface area contributed by atoms with Gasteiger partial charge in [-0.3, -0.25) is 10.2 Å². The molecule has 4 heterocycles. The minimum Gasteiger partial charge on any atom is -0.308 e. The smallest absolute Gasteiger partial charge is 0.308 e. The Hall–Kier alpha value is -0.630. The summed E-state index contributed by atoms with van der Waals surface area (Å²) < 4.78 is 41.4. The van der Waals surface area contributed by atoms with E-state index in [0.717, 1.165) is 18.5 Å². The molecule has 1 saturated carbocycles. The average molecular weight is 356 g/mol. The van der Waals surface area contributed by atoms with Crippen LogP contribution in [0.2, 0.25) is 0 Å². The van der Waals surface area contributed by atoms with Crippen molar-refractivity contribution in [2.75, 3.05) is 13.2 Å². The predicted molar refractivity (Wildman–Crippen MR) is 88.7 cm³/mol. The number of piperazine rings is 1. The summed E-state index contributed by atoms with van der Waals surface area (Å²) in [4.78, 5) is 2.50. The fourth-order valence-electron chi connectivity index (χ4n) is 6.50. The molecule has 0 amide bonds. The van der Waals surface area contributed by atoms with Crippen molar-refractivity contribution in [3.8, 4) is 0 Å². The van der Waals surface area contributed by atoms with Crippen LogP contribution in [-0.2, 0) is 0 Å². The first-order chi connectivity index (χ1) is 11.9. The number of rotatable bonds is 0. The zero-order chi connectivity index (χ0) is 17.3. The van der Waals surface area contributed by atoms with E-state index in [4.69, 9.17) is 0 Å². The number of hydrogen-bond donors (Lipinski definition) is 3. The number of halogens is 3. The molecule has 4 nitrogen and oxygen atoms in total. The molecule has 3 N–H and O–H groups in total. The van der Waals surface area contributed by atoms with Crippen LogP contribution in [0.25, 0.3) is 0 Å². The van der Waals surface area contributed by atoms with E-state index in [2.05, 4.69) is 27.4 Å². The molecule has 2 bridgehead atoms. The second-order valence-electron chi connectivity index (χ2n) is 8.64. The Morgan fingerprint density at radius 1 is 1.04 bits per heavy atom. The highest BCUT2D eigenvalue weighted by atomic mass is 19.4. The van der Waals surface area contributed by atoms with E-state index in [-0.39, 0.29) is 30.6 Å². The third-order valence-electron chi connectivity index (χ3n) is 7.46. The minimum atomic E-state index is -4.14. The van der Waals surface area contributed by atoms with Crippen LogP contribution < -0.4 is 16.0 Å². The topological polar surface area (TPSA) is 39.3 Å². The normalized spacial score (nSPS) is 50.1. The Morgan fingerprint density at radius 2 is 1.84 bits per heavy atom. The lowest BCUT2D eigenvalue weighted by Crippen LogP contribution is -2.71. The number of hydrogen-bond acceptors (Lipinski definition) is 4. The van der Waals surface area contributed by atoms with Crippen molar-refractivity contribution in [1.82, 2.24) is 20.9 Å². The second kappa shape index (κ2) is 5.68. The van der Waals surface area contributed by atoms with Gasteiger partial charge in [0, 0.05) is 43.3 Å². The van der Waals surface area contributed by atoms with Gasteiger partial charge in [-0.05, 0) is 38.0 Å². The number of nitrogens with one attached hydrogen (secondary N) is 3. The molecule has 0 aromatic rings. The first kappa shape index (κ1) is 16.5. The molecule has 8 atom stereocenters. The van der Waals surface area contributed by atoms with Crippen molar-refractivity contribution in [1.29, 1.82) is 0 Å². The van der Waals surface area contributed by atoms with Crippen LogP contribution in [0.15, 0.2) is 12.2 Å². The second-order valence-corrected chi connectivity index (χ2v) is 8.64. The predicted octanol–water partition coefficient (Wildman–Crippen LogP) is 1.80. The van der Waals surface area contributed by atoms with Crippen molar-refractivity contribution in [3.05, 3.63) is 12.2 Å². The van der Waals surface area contributed by atoms with Gasteiger partial charge in [0.25, 0.3) is 0 Å². The maximum atomic E-state index is 13.8. The highest BCUT2D eigenvalue weighted by Crippen LogP contribution is 2.52. The Labute approximate surface area is 146 Å². The third kappa shape index (κ3) is 2.50. The lowest BCUT2D eigenvalue weighted by Gasteiger charge is -2.53.